The first kappa shape index (κ1) is 17.6. The third-order valence-corrected chi connectivity index (χ3v) is 5.44. The summed E-state index contributed by atoms with van der Waals surface area (Å²) >= 11 is 0. The van der Waals surface area contributed by atoms with Crippen molar-refractivity contribution >= 4 is 0 Å². The largest absolute Gasteiger partial charge is 0.381 e. The number of hydrogen-bond donors (Lipinski definition) is 1. The smallest absolute Gasteiger partial charge is 0.234 e. The van der Waals surface area contributed by atoms with Crippen molar-refractivity contribution in [3.63, 3.8) is 0 Å². The molecule has 2 aliphatic rings. The molecule has 0 bridgehead atoms. The van der Waals surface area contributed by atoms with Crippen LogP contribution in [-0.4, -0.2) is 61.1 Å². The SMILES string of the molecule is NCC1(c2nc(-c3ccc(CN4CCOCC4)cc3)no2)CCOCC1. The summed E-state index contributed by atoms with van der Waals surface area (Å²) in [5, 5.41) is 4.19. The van der Waals surface area contributed by atoms with E-state index in [1.807, 2.05) is 0 Å². The maximum atomic E-state index is 6.03. The maximum absolute atomic E-state index is 6.03. The number of aromatic nitrogens is 2. The molecule has 0 atom stereocenters. The lowest BCUT2D eigenvalue weighted by molar-refractivity contribution is 0.0342. The van der Waals surface area contributed by atoms with Crippen molar-refractivity contribution in [3.8, 4) is 11.4 Å². The van der Waals surface area contributed by atoms with Crippen molar-refractivity contribution in [1.29, 1.82) is 0 Å². The summed E-state index contributed by atoms with van der Waals surface area (Å²) in [7, 11) is 0. The number of nitrogens with two attached hydrogens (primary N) is 1. The molecule has 4 rings (SSSR count). The molecule has 0 unspecified atom stereocenters. The van der Waals surface area contributed by atoms with E-state index in [2.05, 4.69) is 39.3 Å². The highest BCUT2D eigenvalue weighted by Gasteiger charge is 2.38. The van der Waals surface area contributed by atoms with Crippen LogP contribution in [0.1, 0.15) is 24.3 Å². The molecule has 1 aromatic heterocycles. The topological polar surface area (TPSA) is 86.6 Å². The molecule has 26 heavy (non-hydrogen) atoms. The van der Waals surface area contributed by atoms with Crippen LogP contribution in [0.5, 0.6) is 0 Å². The molecule has 3 heterocycles. The van der Waals surface area contributed by atoms with Gasteiger partial charge >= 0.3 is 0 Å². The minimum absolute atomic E-state index is 0.250. The van der Waals surface area contributed by atoms with Crippen LogP contribution in [0, 0.1) is 0 Å². The lowest BCUT2D eigenvalue weighted by Crippen LogP contribution is -2.40. The van der Waals surface area contributed by atoms with Gasteiger partial charge in [-0.15, -0.1) is 0 Å². The van der Waals surface area contributed by atoms with Gasteiger partial charge in [-0.05, 0) is 18.4 Å². The number of benzene rings is 1. The molecule has 1 aromatic carbocycles. The number of nitrogens with zero attached hydrogens (tertiary/aromatic N) is 3. The minimum atomic E-state index is -0.250. The maximum Gasteiger partial charge on any atom is 0.234 e. The van der Waals surface area contributed by atoms with Crippen LogP contribution in [0.25, 0.3) is 11.4 Å². The van der Waals surface area contributed by atoms with Crippen molar-refractivity contribution < 1.29 is 14.0 Å². The molecular weight excluding hydrogens is 332 g/mol. The van der Waals surface area contributed by atoms with E-state index in [1.165, 1.54) is 5.56 Å². The molecule has 7 heteroatoms. The molecule has 0 saturated carbocycles. The van der Waals surface area contributed by atoms with Crippen molar-refractivity contribution in [2.75, 3.05) is 46.1 Å². The van der Waals surface area contributed by atoms with Crippen LogP contribution >= 0.6 is 0 Å². The van der Waals surface area contributed by atoms with Crippen molar-refractivity contribution in [2.24, 2.45) is 5.73 Å². The second kappa shape index (κ2) is 7.84. The molecule has 0 radical (unpaired) electrons. The second-order valence-corrected chi connectivity index (χ2v) is 7.11. The Balaban J connectivity index is 1.47. The summed E-state index contributed by atoms with van der Waals surface area (Å²) < 4.78 is 16.4. The fraction of sp³-hybridized carbons (Fsp3) is 0.579. The lowest BCUT2D eigenvalue weighted by Gasteiger charge is -2.32. The van der Waals surface area contributed by atoms with Crippen LogP contribution < -0.4 is 5.73 Å². The van der Waals surface area contributed by atoms with Gasteiger partial charge < -0.3 is 19.7 Å². The van der Waals surface area contributed by atoms with Crippen LogP contribution in [0.2, 0.25) is 0 Å². The molecule has 7 nitrogen and oxygen atoms in total. The zero-order valence-corrected chi connectivity index (χ0v) is 15.0. The molecule has 2 aliphatic heterocycles. The Morgan fingerprint density at radius 3 is 2.38 bits per heavy atom. The van der Waals surface area contributed by atoms with E-state index < -0.39 is 0 Å². The van der Waals surface area contributed by atoms with Gasteiger partial charge in [0.2, 0.25) is 11.7 Å². The number of ether oxygens (including phenoxy) is 2. The standard InChI is InChI=1S/C19H26N4O3/c20-14-19(5-9-24-10-6-19)18-21-17(22-26-18)16-3-1-15(2-4-16)13-23-7-11-25-12-8-23/h1-4H,5-14,20H2. The van der Waals surface area contributed by atoms with Gasteiger partial charge in [0.15, 0.2) is 0 Å². The first-order valence-corrected chi connectivity index (χ1v) is 9.30. The average Bonchev–Trinajstić information content (AvgIpc) is 3.21. The van der Waals surface area contributed by atoms with Gasteiger partial charge in [-0.2, -0.15) is 4.98 Å². The summed E-state index contributed by atoms with van der Waals surface area (Å²) in [4.78, 5) is 7.06. The normalized spacial score (nSPS) is 21.0. The Labute approximate surface area is 153 Å². The quantitative estimate of drug-likeness (QED) is 0.868. The Kier molecular flexibility index (Phi) is 5.31. The summed E-state index contributed by atoms with van der Waals surface area (Å²) in [6, 6.07) is 8.38. The minimum Gasteiger partial charge on any atom is -0.381 e. The monoisotopic (exact) mass is 358 g/mol. The highest BCUT2D eigenvalue weighted by molar-refractivity contribution is 5.54. The first-order valence-electron chi connectivity index (χ1n) is 9.30. The Morgan fingerprint density at radius 1 is 1.00 bits per heavy atom. The van der Waals surface area contributed by atoms with Crippen molar-refractivity contribution in [2.45, 2.75) is 24.8 Å². The number of morpholine rings is 1. The molecular formula is C19H26N4O3. The fourth-order valence-electron chi connectivity index (χ4n) is 3.60. The summed E-state index contributed by atoms with van der Waals surface area (Å²) in [6.07, 6.45) is 1.65. The van der Waals surface area contributed by atoms with Crippen LogP contribution in [0.15, 0.2) is 28.8 Å². The molecule has 2 saturated heterocycles. The van der Waals surface area contributed by atoms with Gasteiger partial charge in [-0.1, -0.05) is 29.4 Å². The fourth-order valence-corrected chi connectivity index (χ4v) is 3.60. The summed E-state index contributed by atoms with van der Waals surface area (Å²) in [5.41, 5.74) is 8.02. The third kappa shape index (κ3) is 3.66. The molecule has 2 aromatic rings. The van der Waals surface area contributed by atoms with E-state index in [1.54, 1.807) is 0 Å². The highest BCUT2D eigenvalue weighted by Crippen LogP contribution is 2.33. The predicted molar refractivity (Wildman–Crippen MR) is 96.6 cm³/mol. The van der Waals surface area contributed by atoms with Crippen LogP contribution in [0.4, 0.5) is 0 Å². The van der Waals surface area contributed by atoms with Crippen LogP contribution in [0.3, 0.4) is 0 Å². The van der Waals surface area contributed by atoms with E-state index in [0.717, 1.165) is 51.3 Å². The van der Waals surface area contributed by atoms with E-state index in [9.17, 15) is 0 Å². The second-order valence-electron chi connectivity index (χ2n) is 7.11. The van der Waals surface area contributed by atoms with Crippen molar-refractivity contribution in [1.82, 2.24) is 15.0 Å². The van der Waals surface area contributed by atoms with Gasteiger partial charge in [0, 0.05) is 45.0 Å². The van der Waals surface area contributed by atoms with Gasteiger partial charge in [0.1, 0.15) is 0 Å². The molecule has 0 aliphatic carbocycles. The lowest BCUT2D eigenvalue weighted by atomic mass is 9.80. The van der Waals surface area contributed by atoms with E-state index in [4.69, 9.17) is 19.7 Å². The number of hydrogen-bond acceptors (Lipinski definition) is 7. The average molecular weight is 358 g/mol. The molecule has 0 amide bonds. The van der Waals surface area contributed by atoms with Gasteiger partial charge in [0.25, 0.3) is 0 Å². The van der Waals surface area contributed by atoms with Crippen molar-refractivity contribution in [3.05, 3.63) is 35.7 Å². The third-order valence-electron chi connectivity index (χ3n) is 5.44. The molecule has 2 fully saturated rings. The summed E-state index contributed by atoms with van der Waals surface area (Å²) in [5.74, 6) is 1.26. The van der Waals surface area contributed by atoms with E-state index in [0.29, 0.717) is 31.5 Å². The molecule has 2 N–H and O–H groups in total. The molecule has 140 valence electrons. The van der Waals surface area contributed by atoms with E-state index >= 15 is 0 Å². The van der Waals surface area contributed by atoms with Gasteiger partial charge in [-0.25, -0.2) is 0 Å². The highest BCUT2D eigenvalue weighted by atomic mass is 16.5. The number of rotatable bonds is 5. The Hall–Kier alpha value is -1.80. The Morgan fingerprint density at radius 2 is 1.69 bits per heavy atom. The van der Waals surface area contributed by atoms with Gasteiger partial charge in [-0.3, -0.25) is 4.90 Å². The summed E-state index contributed by atoms with van der Waals surface area (Å²) in [6.45, 7) is 6.42. The zero-order chi connectivity index (χ0) is 17.8. The first-order chi connectivity index (χ1) is 12.8. The predicted octanol–water partition coefficient (Wildman–Crippen LogP) is 1.58. The van der Waals surface area contributed by atoms with Gasteiger partial charge in [0.05, 0.1) is 18.6 Å². The Bertz CT molecular complexity index is 704. The molecule has 0 spiro atoms. The van der Waals surface area contributed by atoms with E-state index in [-0.39, 0.29) is 5.41 Å². The van der Waals surface area contributed by atoms with Crippen LogP contribution in [-0.2, 0) is 21.4 Å². The zero-order valence-electron chi connectivity index (χ0n) is 15.0.